The van der Waals surface area contributed by atoms with Gasteiger partial charge in [-0.2, -0.15) is 0 Å². The molecule has 9 heteroatoms. The first kappa shape index (κ1) is 19.9. The number of hydrogen-bond donors (Lipinski definition) is 2. The Morgan fingerprint density at radius 1 is 1.41 bits per heavy atom. The summed E-state index contributed by atoms with van der Waals surface area (Å²) in [6.45, 7) is 4.15. The monoisotopic (exact) mass is 487 g/mol. The summed E-state index contributed by atoms with van der Waals surface area (Å²) in [6.07, 6.45) is 2.65. The number of benzene rings is 1. The van der Waals surface area contributed by atoms with E-state index in [1.54, 1.807) is 12.1 Å². The third-order valence-electron chi connectivity index (χ3n) is 3.77. The number of hydroxylamine groups is 1. The van der Waals surface area contributed by atoms with Gasteiger partial charge < -0.3 is 14.8 Å². The van der Waals surface area contributed by atoms with E-state index in [9.17, 15) is 9.18 Å². The van der Waals surface area contributed by atoms with Crippen LogP contribution in [-0.4, -0.2) is 36.0 Å². The Labute approximate surface area is 169 Å². The van der Waals surface area contributed by atoms with E-state index in [0.29, 0.717) is 12.3 Å². The Morgan fingerprint density at radius 2 is 2.22 bits per heavy atom. The van der Waals surface area contributed by atoms with Gasteiger partial charge in [-0.3, -0.25) is 14.6 Å². The molecule has 1 amide bonds. The van der Waals surface area contributed by atoms with E-state index in [2.05, 4.69) is 15.8 Å². The van der Waals surface area contributed by atoms with E-state index in [0.717, 1.165) is 3.57 Å². The molecule has 1 aliphatic heterocycles. The molecule has 1 saturated heterocycles. The highest BCUT2D eigenvalue weighted by Gasteiger charge is 2.32. The van der Waals surface area contributed by atoms with E-state index >= 15 is 0 Å². The largest absolute Gasteiger partial charge is 0.351 e. The molecule has 144 valence electrons. The first-order chi connectivity index (χ1) is 12.8. The highest BCUT2D eigenvalue weighted by molar-refractivity contribution is 14.1. The van der Waals surface area contributed by atoms with Crippen LogP contribution in [0, 0.1) is 9.39 Å². The van der Waals surface area contributed by atoms with Gasteiger partial charge in [0, 0.05) is 9.77 Å². The average molecular weight is 487 g/mol. The molecule has 7 nitrogen and oxygen atoms in total. The molecular formula is C18H19FIN3O4. The Morgan fingerprint density at radius 3 is 2.93 bits per heavy atom. The van der Waals surface area contributed by atoms with Crippen LogP contribution < -0.4 is 10.8 Å². The number of amides is 1. The smallest absolute Gasteiger partial charge is 0.277 e. The summed E-state index contributed by atoms with van der Waals surface area (Å²) < 4.78 is 25.9. The van der Waals surface area contributed by atoms with Crippen molar-refractivity contribution in [2.45, 2.75) is 25.7 Å². The Kier molecular flexibility index (Phi) is 6.25. The molecule has 1 aromatic carbocycles. The average Bonchev–Trinajstić information content (AvgIpc) is 2.96. The molecule has 0 aliphatic carbocycles. The number of nitrogens with zero attached hydrogens (tertiary/aromatic N) is 1. The van der Waals surface area contributed by atoms with Gasteiger partial charge in [0.15, 0.2) is 5.79 Å². The van der Waals surface area contributed by atoms with Gasteiger partial charge in [0.2, 0.25) is 0 Å². The Bertz CT molecular complexity index is 834. The lowest BCUT2D eigenvalue weighted by Crippen LogP contribution is -2.30. The minimum Gasteiger partial charge on any atom is -0.351 e. The summed E-state index contributed by atoms with van der Waals surface area (Å²) in [5.74, 6) is -1.56. The van der Waals surface area contributed by atoms with Gasteiger partial charge in [0.05, 0.1) is 29.7 Å². The van der Waals surface area contributed by atoms with Crippen molar-refractivity contribution in [3.05, 3.63) is 51.6 Å². The van der Waals surface area contributed by atoms with Crippen LogP contribution in [0.3, 0.4) is 0 Å². The summed E-state index contributed by atoms with van der Waals surface area (Å²) in [7, 11) is 0. The minimum atomic E-state index is -0.655. The zero-order valence-corrected chi connectivity index (χ0v) is 16.9. The number of anilines is 2. The quantitative estimate of drug-likeness (QED) is 0.481. The number of carbonyl (C=O) groups is 1. The van der Waals surface area contributed by atoms with Gasteiger partial charge >= 0.3 is 0 Å². The van der Waals surface area contributed by atoms with Crippen LogP contribution in [0.15, 0.2) is 36.7 Å². The van der Waals surface area contributed by atoms with Crippen molar-refractivity contribution in [3.63, 3.8) is 0 Å². The SMILES string of the molecule is CC1(C)OC[C@@H](CONC(=O)c2ccncc2Nc2ccc(I)cc2F)O1. The van der Waals surface area contributed by atoms with Crippen LogP contribution in [0.5, 0.6) is 0 Å². The fraction of sp³-hybridized carbons (Fsp3) is 0.333. The highest BCUT2D eigenvalue weighted by Crippen LogP contribution is 2.24. The molecule has 1 fully saturated rings. The molecule has 0 radical (unpaired) electrons. The number of rotatable bonds is 6. The van der Waals surface area contributed by atoms with Crippen molar-refractivity contribution < 1.29 is 23.5 Å². The second kappa shape index (κ2) is 8.46. The second-order valence-electron chi connectivity index (χ2n) is 6.36. The molecule has 0 bridgehead atoms. The number of carbonyl (C=O) groups excluding carboxylic acids is 1. The summed E-state index contributed by atoms with van der Waals surface area (Å²) in [6, 6.07) is 6.27. The first-order valence-electron chi connectivity index (χ1n) is 8.24. The summed E-state index contributed by atoms with van der Waals surface area (Å²) >= 11 is 2.02. The lowest BCUT2D eigenvalue weighted by atomic mass is 10.2. The van der Waals surface area contributed by atoms with Gasteiger partial charge in [0.1, 0.15) is 18.5 Å². The summed E-state index contributed by atoms with van der Waals surface area (Å²) in [5, 5.41) is 2.89. The van der Waals surface area contributed by atoms with Gasteiger partial charge in [-0.25, -0.2) is 9.87 Å². The van der Waals surface area contributed by atoms with Crippen LogP contribution >= 0.6 is 22.6 Å². The molecule has 2 N–H and O–H groups in total. The van der Waals surface area contributed by atoms with E-state index in [1.807, 2.05) is 36.4 Å². The zero-order valence-electron chi connectivity index (χ0n) is 14.8. The van der Waals surface area contributed by atoms with Crippen molar-refractivity contribution in [3.8, 4) is 0 Å². The Balaban J connectivity index is 1.62. The maximum atomic E-state index is 14.1. The van der Waals surface area contributed by atoms with Crippen LogP contribution in [0.1, 0.15) is 24.2 Å². The number of halogens is 2. The maximum absolute atomic E-state index is 14.1. The fourth-order valence-corrected chi connectivity index (χ4v) is 2.98. The molecule has 1 atom stereocenters. The molecule has 2 aromatic rings. The Hall–Kier alpha value is -1.82. The zero-order chi connectivity index (χ0) is 19.4. The predicted octanol–water partition coefficient (Wildman–Crippen LogP) is 3.38. The van der Waals surface area contributed by atoms with Crippen molar-refractivity contribution in [1.82, 2.24) is 10.5 Å². The van der Waals surface area contributed by atoms with Crippen LogP contribution in [0.2, 0.25) is 0 Å². The van der Waals surface area contributed by atoms with Gasteiger partial charge in [-0.05, 0) is 60.7 Å². The lowest BCUT2D eigenvalue weighted by Gasteiger charge is -2.17. The molecular weight excluding hydrogens is 468 g/mol. The summed E-state index contributed by atoms with van der Waals surface area (Å²) in [4.78, 5) is 21.7. The second-order valence-corrected chi connectivity index (χ2v) is 7.61. The van der Waals surface area contributed by atoms with Gasteiger partial charge in [-0.15, -0.1) is 0 Å². The molecule has 0 spiro atoms. The molecule has 0 unspecified atom stereocenters. The molecule has 1 aliphatic rings. The molecule has 1 aromatic heterocycles. The highest BCUT2D eigenvalue weighted by atomic mass is 127. The van der Waals surface area contributed by atoms with E-state index in [-0.39, 0.29) is 24.0 Å². The molecule has 2 heterocycles. The van der Waals surface area contributed by atoms with E-state index < -0.39 is 17.5 Å². The fourth-order valence-electron chi connectivity index (χ4n) is 2.53. The first-order valence-corrected chi connectivity index (χ1v) is 9.32. The van der Waals surface area contributed by atoms with Gasteiger partial charge in [0.25, 0.3) is 5.91 Å². The topological polar surface area (TPSA) is 81.7 Å². The number of aromatic nitrogens is 1. The number of hydrogen-bond acceptors (Lipinski definition) is 6. The predicted molar refractivity (Wildman–Crippen MR) is 105 cm³/mol. The number of pyridine rings is 1. The van der Waals surface area contributed by atoms with Crippen LogP contribution in [-0.2, 0) is 14.3 Å². The third-order valence-corrected chi connectivity index (χ3v) is 4.44. The maximum Gasteiger partial charge on any atom is 0.277 e. The number of nitrogens with one attached hydrogen (secondary N) is 2. The van der Waals surface area contributed by atoms with Crippen molar-refractivity contribution in [1.29, 1.82) is 0 Å². The normalized spacial score (nSPS) is 18.3. The van der Waals surface area contributed by atoms with Crippen molar-refractivity contribution in [2.75, 3.05) is 18.5 Å². The molecule has 3 rings (SSSR count). The molecule has 0 saturated carbocycles. The minimum absolute atomic E-state index is 0.148. The van der Waals surface area contributed by atoms with Crippen LogP contribution in [0.4, 0.5) is 15.8 Å². The van der Waals surface area contributed by atoms with E-state index in [1.165, 1.54) is 24.5 Å². The van der Waals surface area contributed by atoms with Crippen LogP contribution in [0.25, 0.3) is 0 Å². The lowest BCUT2D eigenvalue weighted by molar-refractivity contribution is -0.147. The van der Waals surface area contributed by atoms with Gasteiger partial charge in [-0.1, -0.05) is 0 Å². The third kappa shape index (κ3) is 5.34. The summed E-state index contributed by atoms with van der Waals surface area (Å²) in [5.41, 5.74) is 3.24. The van der Waals surface area contributed by atoms with Crippen molar-refractivity contribution >= 4 is 39.9 Å². The van der Waals surface area contributed by atoms with Crippen molar-refractivity contribution in [2.24, 2.45) is 0 Å². The molecule has 27 heavy (non-hydrogen) atoms. The van der Waals surface area contributed by atoms with E-state index in [4.69, 9.17) is 14.3 Å². The number of ether oxygens (including phenoxy) is 2. The standard InChI is InChI=1S/C18H19FIN3O4/c1-18(2)25-9-12(27-18)10-26-23-17(24)13-5-6-21-8-16(13)22-15-4-3-11(20)7-14(15)19/h3-8,12,22H,9-10H2,1-2H3,(H,23,24)/t12-/m0/s1.